The molecule has 3 amide bonds. The second-order valence-corrected chi connectivity index (χ2v) is 8.44. The van der Waals surface area contributed by atoms with Gasteiger partial charge in [-0.05, 0) is 36.3 Å². The number of carbonyl (C=O) groups is 3. The minimum atomic E-state index is -0.543. The van der Waals surface area contributed by atoms with E-state index in [4.69, 9.17) is 0 Å². The van der Waals surface area contributed by atoms with Gasteiger partial charge in [-0.15, -0.1) is 11.8 Å². The van der Waals surface area contributed by atoms with Crippen molar-refractivity contribution >= 4 is 29.5 Å². The Morgan fingerprint density at radius 1 is 1.11 bits per heavy atom. The summed E-state index contributed by atoms with van der Waals surface area (Å²) in [5.74, 6) is 0.348. The largest absolute Gasteiger partial charge is 0.322 e. The second-order valence-electron chi connectivity index (χ2n) is 7.30. The summed E-state index contributed by atoms with van der Waals surface area (Å²) >= 11 is 1.81. The van der Waals surface area contributed by atoms with E-state index in [0.29, 0.717) is 18.5 Å². The van der Waals surface area contributed by atoms with Gasteiger partial charge in [0.05, 0.1) is 0 Å². The highest BCUT2D eigenvalue weighted by Gasteiger charge is 2.39. The first kappa shape index (κ1) is 19.9. The SMILES string of the molecule is CCCCCCCCSc1cccc2c1CN(C1CCC(=O)NC1=O)C2=O. The van der Waals surface area contributed by atoms with E-state index in [9.17, 15) is 14.4 Å². The number of fused-ring (bicyclic) bond motifs is 1. The Bertz CT molecular complexity index is 719. The Kier molecular flexibility index (Phi) is 6.94. The molecule has 5 nitrogen and oxygen atoms in total. The molecule has 2 aliphatic heterocycles. The van der Waals surface area contributed by atoms with Gasteiger partial charge in [0.15, 0.2) is 0 Å². The average molecular weight is 389 g/mol. The highest BCUT2D eigenvalue weighted by atomic mass is 32.2. The number of nitrogens with zero attached hydrogens (tertiary/aromatic N) is 1. The maximum Gasteiger partial charge on any atom is 0.255 e. The number of imide groups is 1. The third kappa shape index (κ3) is 4.72. The van der Waals surface area contributed by atoms with Gasteiger partial charge in [0.25, 0.3) is 5.91 Å². The summed E-state index contributed by atoms with van der Waals surface area (Å²) in [4.78, 5) is 39.1. The molecule has 3 rings (SSSR count). The lowest BCUT2D eigenvalue weighted by molar-refractivity contribution is -0.136. The molecule has 0 saturated carbocycles. The van der Waals surface area contributed by atoms with E-state index in [2.05, 4.69) is 18.3 Å². The number of benzene rings is 1. The number of thioether (sulfide) groups is 1. The van der Waals surface area contributed by atoms with Crippen molar-refractivity contribution in [3.05, 3.63) is 29.3 Å². The van der Waals surface area contributed by atoms with Crippen LogP contribution in [0.1, 0.15) is 74.2 Å². The third-order valence-corrected chi connectivity index (χ3v) is 6.48. The van der Waals surface area contributed by atoms with Crippen LogP contribution < -0.4 is 5.32 Å². The van der Waals surface area contributed by atoms with Crippen molar-refractivity contribution in [3.8, 4) is 0 Å². The van der Waals surface area contributed by atoms with Crippen molar-refractivity contribution in [2.24, 2.45) is 0 Å². The van der Waals surface area contributed by atoms with E-state index in [0.717, 1.165) is 16.2 Å². The number of hydrogen-bond donors (Lipinski definition) is 1. The number of amides is 3. The van der Waals surface area contributed by atoms with Gasteiger partial charge in [-0.1, -0.05) is 45.1 Å². The normalized spacial score (nSPS) is 19.4. The smallest absolute Gasteiger partial charge is 0.255 e. The fourth-order valence-corrected chi connectivity index (χ4v) is 4.85. The van der Waals surface area contributed by atoms with Crippen molar-refractivity contribution in [1.29, 1.82) is 0 Å². The summed E-state index contributed by atoms with van der Waals surface area (Å²) in [5.41, 5.74) is 1.73. The standard InChI is InChI=1S/C21H28N2O3S/c1-2-3-4-5-6-7-13-27-18-10-8-9-15-16(18)14-23(21(15)26)17-11-12-19(24)22-20(17)25/h8-10,17H,2-7,11-14H2,1H3,(H,22,24,25). The van der Waals surface area contributed by atoms with Crippen molar-refractivity contribution < 1.29 is 14.4 Å². The van der Waals surface area contributed by atoms with Crippen LogP contribution in [0.3, 0.4) is 0 Å². The second kappa shape index (κ2) is 9.40. The Hall–Kier alpha value is -1.82. The van der Waals surface area contributed by atoms with Crippen LogP contribution in [0, 0.1) is 0 Å². The molecule has 2 aliphatic rings. The van der Waals surface area contributed by atoms with Crippen molar-refractivity contribution in [2.75, 3.05) is 5.75 Å². The van der Waals surface area contributed by atoms with Crippen LogP contribution in [-0.4, -0.2) is 34.4 Å². The first-order valence-electron chi connectivity index (χ1n) is 10.0. The van der Waals surface area contributed by atoms with Crippen molar-refractivity contribution in [2.45, 2.75) is 75.8 Å². The summed E-state index contributed by atoms with van der Waals surface area (Å²) < 4.78 is 0. The van der Waals surface area contributed by atoms with Crippen LogP contribution in [0.2, 0.25) is 0 Å². The minimum absolute atomic E-state index is 0.0958. The van der Waals surface area contributed by atoms with E-state index in [1.807, 2.05) is 23.9 Å². The summed E-state index contributed by atoms with van der Waals surface area (Å²) in [6.45, 7) is 2.69. The Morgan fingerprint density at radius 3 is 2.67 bits per heavy atom. The summed E-state index contributed by atoms with van der Waals surface area (Å²) in [6.07, 6.45) is 8.33. The summed E-state index contributed by atoms with van der Waals surface area (Å²) in [6, 6.07) is 5.30. The molecule has 1 atom stereocenters. The first-order chi connectivity index (χ1) is 13.1. The van der Waals surface area contributed by atoms with Crippen LogP contribution in [-0.2, 0) is 16.1 Å². The van der Waals surface area contributed by atoms with Gasteiger partial charge in [0.1, 0.15) is 6.04 Å². The molecule has 1 saturated heterocycles. The number of unbranched alkanes of at least 4 members (excludes halogenated alkanes) is 5. The Morgan fingerprint density at radius 2 is 1.89 bits per heavy atom. The number of hydrogen-bond acceptors (Lipinski definition) is 4. The zero-order chi connectivity index (χ0) is 19.2. The third-order valence-electron chi connectivity index (χ3n) is 5.29. The molecule has 6 heteroatoms. The molecule has 0 aliphatic carbocycles. The summed E-state index contributed by atoms with van der Waals surface area (Å²) in [5, 5.41) is 2.35. The lowest BCUT2D eigenvalue weighted by Gasteiger charge is -2.29. The van der Waals surface area contributed by atoms with Gasteiger partial charge >= 0.3 is 0 Å². The predicted molar refractivity (Wildman–Crippen MR) is 107 cm³/mol. The molecule has 1 N–H and O–H groups in total. The molecule has 146 valence electrons. The molecule has 1 aromatic rings. The average Bonchev–Trinajstić information content (AvgIpc) is 2.98. The molecule has 1 fully saturated rings. The van der Waals surface area contributed by atoms with E-state index in [1.54, 1.807) is 4.90 Å². The fourth-order valence-electron chi connectivity index (χ4n) is 3.76. The van der Waals surface area contributed by atoms with Gasteiger partial charge in [-0.2, -0.15) is 0 Å². The molecule has 0 spiro atoms. The van der Waals surface area contributed by atoms with Crippen molar-refractivity contribution in [3.63, 3.8) is 0 Å². The molecule has 1 aromatic carbocycles. The van der Waals surface area contributed by atoms with Crippen LogP contribution in [0.15, 0.2) is 23.1 Å². The molecular weight excluding hydrogens is 360 g/mol. The fraction of sp³-hybridized carbons (Fsp3) is 0.571. The van der Waals surface area contributed by atoms with Gasteiger partial charge in [-0.25, -0.2) is 0 Å². The molecule has 0 bridgehead atoms. The van der Waals surface area contributed by atoms with Gasteiger partial charge in [0, 0.05) is 23.4 Å². The lowest BCUT2D eigenvalue weighted by Crippen LogP contribution is -2.52. The number of nitrogens with one attached hydrogen (secondary N) is 1. The Balaban J connectivity index is 1.59. The molecule has 27 heavy (non-hydrogen) atoms. The van der Waals surface area contributed by atoms with Crippen LogP contribution in [0.5, 0.6) is 0 Å². The van der Waals surface area contributed by atoms with E-state index >= 15 is 0 Å². The maximum absolute atomic E-state index is 12.8. The highest BCUT2D eigenvalue weighted by molar-refractivity contribution is 7.99. The van der Waals surface area contributed by atoms with Crippen LogP contribution in [0.4, 0.5) is 0 Å². The molecule has 0 aromatic heterocycles. The predicted octanol–water partition coefficient (Wildman–Crippen LogP) is 3.90. The minimum Gasteiger partial charge on any atom is -0.322 e. The number of carbonyl (C=O) groups excluding carboxylic acids is 3. The quantitative estimate of drug-likeness (QED) is 0.396. The topological polar surface area (TPSA) is 66.5 Å². The Labute approximate surface area is 165 Å². The van der Waals surface area contributed by atoms with Crippen molar-refractivity contribution in [1.82, 2.24) is 10.2 Å². The zero-order valence-corrected chi connectivity index (χ0v) is 16.8. The van der Waals surface area contributed by atoms with Gasteiger partial charge < -0.3 is 4.90 Å². The van der Waals surface area contributed by atoms with Gasteiger partial charge in [-0.3, -0.25) is 19.7 Å². The summed E-state index contributed by atoms with van der Waals surface area (Å²) in [7, 11) is 0. The van der Waals surface area contributed by atoms with E-state index in [1.165, 1.54) is 38.5 Å². The van der Waals surface area contributed by atoms with Crippen LogP contribution in [0.25, 0.3) is 0 Å². The molecule has 1 unspecified atom stereocenters. The molecule has 0 radical (unpaired) electrons. The number of rotatable bonds is 9. The lowest BCUT2D eigenvalue weighted by atomic mass is 10.0. The first-order valence-corrected chi connectivity index (χ1v) is 11.0. The molecule has 2 heterocycles. The monoisotopic (exact) mass is 388 g/mol. The number of piperidine rings is 1. The molecular formula is C21H28N2O3S. The van der Waals surface area contributed by atoms with Crippen LogP contribution >= 0.6 is 11.8 Å². The van der Waals surface area contributed by atoms with Gasteiger partial charge in [0.2, 0.25) is 11.8 Å². The van der Waals surface area contributed by atoms with E-state index < -0.39 is 6.04 Å². The zero-order valence-electron chi connectivity index (χ0n) is 16.0. The maximum atomic E-state index is 12.8. The highest BCUT2D eigenvalue weighted by Crippen LogP contribution is 2.34. The van der Waals surface area contributed by atoms with E-state index in [-0.39, 0.29) is 24.1 Å².